The van der Waals surface area contributed by atoms with E-state index in [0.717, 1.165) is 16.7 Å². The van der Waals surface area contributed by atoms with Crippen molar-refractivity contribution in [3.63, 3.8) is 0 Å². The van der Waals surface area contributed by atoms with Gasteiger partial charge >= 0.3 is 5.97 Å². The Bertz CT molecular complexity index is 919. The fourth-order valence-electron chi connectivity index (χ4n) is 3.20. The minimum atomic E-state index is -3.73. The quantitative estimate of drug-likeness (QED) is 0.609. The first-order valence-corrected chi connectivity index (χ1v) is 10.1. The second-order valence-corrected chi connectivity index (χ2v) is 8.67. The van der Waals surface area contributed by atoms with Gasteiger partial charge in [0.15, 0.2) is 0 Å². The molecule has 2 aromatic rings. The molecule has 1 heterocycles. The molecule has 0 aliphatic carbocycles. The van der Waals surface area contributed by atoms with E-state index in [9.17, 15) is 13.2 Å². The number of rotatable bonds is 4. The Labute approximate surface area is 154 Å². The molecule has 1 unspecified atom stereocenters. The molecule has 1 aliphatic rings. The van der Waals surface area contributed by atoms with Gasteiger partial charge in [-0.2, -0.15) is 4.31 Å². The molecule has 2 aromatic carbocycles. The zero-order chi connectivity index (χ0) is 18.9. The summed E-state index contributed by atoms with van der Waals surface area (Å²) in [6, 6.07) is 11.4. The van der Waals surface area contributed by atoms with Gasteiger partial charge in [0.25, 0.3) is 0 Å². The van der Waals surface area contributed by atoms with E-state index >= 15 is 0 Å². The summed E-state index contributed by atoms with van der Waals surface area (Å²) >= 11 is 0. The predicted molar refractivity (Wildman–Crippen MR) is 99.6 cm³/mol. The van der Waals surface area contributed by atoms with Gasteiger partial charge in [0.05, 0.1) is 4.90 Å². The summed E-state index contributed by atoms with van der Waals surface area (Å²) in [5, 5.41) is 0. The van der Waals surface area contributed by atoms with E-state index < -0.39 is 22.0 Å². The van der Waals surface area contributed by atoms with Crippen LogP contribution in [0.5, 0.6) is 5.75 Å². The monoisotopic (exact) mass is 373 g/mol. The first kappa shape index (κ1) is 18.6. The van der Waals surface area contributed by atoms with E-state index in [1.54, 1.807) is 30.3 Å². The van der Waals surface area contributed by atoms with Gasteiger partial charge in [0.1, 0.15) is 11.8 Å². The minimum Gasteiger partial charge on any atom is -0.425 e. The van der Waals surface area contributed by atoms with Crippen LogP contribution in [0.3, 0.4) is 0 Å². The summed E-state index contributed by atoms with van der Waals surface area (Å²) in [7, 11) is -3.73. The van der Waals surface area contributed by atoms with Crippen LogP contribution in [-0.4, -0.2) is 31.3 Å². The van der Waals surface area contributed by atoms with Crippen LogP contribution in [0.2, 0.25) is 0 Å². The van der Waals surface area contributed by atoms with Crippen molar-refractivity contribution in [3.05, 3.63) is 59.2 Å². The highest BCUT2D eigenvalue weighted by atomic mass is 32.2. The number of carbonyl (C=O) groups excluding carboxylic acids is 1. The van der Waals surface area contributed by atoms with Crippen molar-refractivity contribution in [2.75, 3.05) is 6.54 Å². The van der Waals surface area contributed by atoms with E-state index in [4.69, 9.17) is 4.74 Å². The van der Waals surface area contributed by atoms with Crippen molar-refractivity contribution in [2.24, 2.45) is 0 Å². The normalized spacial score (nSPS) is 18.0. The van der Waals surface area contributed by atoms with Gasteiger partial charge in [-0.3, -0.25) is 0 Å². The molecule has 0 aromatic heterocycles. The summed E-state index contributed by atoms with van der Waals surface area (Å²) in [6.07, 6.45) is 1.10. The van der Waals surface area contributed by atoms with Crippen molar-refractivity contribution in [2.45, 2.75) is 44.6 Å². The first-order valence-electron chi connectivity index (χ1n) is 8.66. The fourth-order valence-corrected chi connectivity index (χ4v) is 4.85. The van der Waals surface area contributed by atoms with Crippen LogP contribution >= 0.6 is 0 Å². The molecule has 0 amide bonds. The number of hydrogen-bond donors (Lipinski definition) is 0. The largest absolute Gasteiger partial charge is 0.425 e. The molecule has 3 rings (SSSR count). The lowest BCUT2D eigenvalue weighted by molar-refractivity contribution is -0.138. The molecule has 0 radical (unpaired) electrons. The number of aryl methyl sites for hydroxylation is 3. The fraction of sp³-hybridized carbons (Fsp3) is 0.350. The Morgan fingerprint density at radius 3 is 2.35 bits per heavy atom. The third-order valence-corrected chi connectivity index (χ3v) is 6.57. The highest BCUT2D eigenvalue weighted by Gasteiger charge is 2.40. The molecule has 6 heteroatoms. The lowest BCUT2D eigenvalue weighted by Gasteiger charge is -2.23. The van der Waals surface area contributed by atoms with Crippen molar-refractivity contribution in [3.8, 4) is 5.75 Å². The van der Waals surface area contributed by atoms with E-state index in [0.29, 0.717) is 25.1 Å². The molecule has 1 fully saturated rings. The van der Waals surface area contributed by atoms with Crippen molar-refractivity contribution >= 4 is 16.0 Å². The third-order valence-electron chi connectivity index (χ3n) is 4.64. The average molecular weight is 373 g/mol. The van der Waals surface area contributed by atoms with Gasteiger partial charge in [-0.05, 0) is 57.4 Å². The number of benzene rings is 2. The van der Waals surface area contributed by atoms with Crippen LogP contribution in [0.4, 0.5) is 0 Å². The predicted octanol–water partition coefficient (Wildman–Crippen LogP) is 3.37. The number of nitrogens with zero attached hydrogens (tertiary/aromatic N) is 1. The topological polar surface area (TPSA) is 63.7 Å². The summed E-state index contributed by atoms with van der Waals surface area (Å²) < 4.78 is 32.7. The van der Waals surface area contributed by atoms with Crippen LogP contribution in [0.25, 0.3) is 0 Å². The standard InChI is InChI=1S/C20H23NO4S/c1-14-6-9-17(10-7-14)26(23,24)21-12-4-5-18(21)20(22)25-19-11-8-15(2)13-16(19)3/h6-11,13,18H,4-5,12H2,1-3H3. The Morgan fingerprint density at radius 1 is 1.04 bits per heavy atom. The van der Waals surface area contributed by atoms with Gasteiger partial charge in [-0.1, -0.05) is 35.4 Å². The maximum absolute atomic E-state index is 12.9. The van der Waals surface area contributed by atoms with Gasteiger partial charge < -0.3 is 4.74 Å². The number of hydrogen-bond acceptors (Lipinski definition) is 4. The molecule has 0 bridgehead atoms. The molecule has 0 spiro atoms. The van der Waals surface area contributed by atoms with Crippen molar-refractivity contribution < 1.29 is 17.9 Å². The van der Waals surface area contributed by atoms with Crippen molar-refractivity contribution in [1.29, 1.82) is 0 Å². The molecule has 138 valence electrons. The number of sulfonamides is 1. The zero-order valence-electron chi connectivity index (χ0n) is 15.2. The lowest BCUT2D eigenvalue weighted by Crippen LogP contribution is -2.42. The lowest BCUT2D eigenvalue weighted by atomic mass is 10.1. The van der Waals surface area contributed by atoms with Gasteiger partial charge in [0.2, 0.25) is 10.0 Å². The average Bonchev–Trinajstić information content (AvgIpc) is 3.08. The molecule has 1 atom stereocenters. The first-order chi connectivity index (χ1) is 12.3. The maximum Gasteiger partial charge on any atom is 0.329 e. The smallest absolute Gasteiger partial charge is 0.329 e. The molecular formula is C20H23NO4S. The van der Waals surface area contributed by atoms with Crippen LogP contribution in [0.1, 0.15) is 29.5 Å². The highest BCUT2D eigenvalue weighted by Crippen LogP contribution is 2.28. The number of esters is 1. The second-order valence-electron chi connectivity index (χ2n) is 6.78. The van der Waals surface area contributed by atoms with Crippen LogP contribution in [0.15, 0.2) is 47.4 Å². The van der Waals surface area contributed by atoms with Gasteiger partial charge in [-0.25, -0.2) is 13.2 Å². The summed E-state index contributed by atoms with van der Waals surface area (Å²) in [6.45, 7) is 6.05. The molecule has 0 N–H and O–H groups in total. The highest BCUT2D eigenvalue weighted by molar-refractivity contribution is 7.89. The van der Waals surface area contributed by atoms with Crippen LogP contribution < -0.4 is 4.74 Å². The second kappa shape index (κ2) is 7.21. The Kier molecular flexibility index (Phi) is 5.16. The Balaban J connectivity index is 1.83. The van der Waals surface area contributed by atoms with Crippen LogP contribution in [0, 0.1) is 20.8 Å². The SMILES string of the molecule is Cc1ccc(S(=O)(=O)N2CCCC2C(=O)Oc2ccc(C)cc2C)cc1. The van der Waals surface area contributed by atoms with E-state index in [1.165, 1.54) is 4.31 Å². The summed E-state index contributed by atoms with van der Waals surface area (Å²) in [5.41, 5.74) is 2.91. The van der Waals surface area contributed by atoms with Gasteiger partial charge in [-0.15, -0.1) is 0 Å². The van der Waals surface area contributed by atoms with E-state index in [1.807, 2.05) is 32.9 Å². The van der Waals surface area contributed by atoms with Crippen LogP contribution in [-0.2, 0) is 14.8 Å². The van der Waals surface area contributed by atoms with E-state index in [2.05, 4.69) is 0 Å². The molecular weight excluding hydrogens is 350 g/mol. The molecule has 5 nitrogen and oxygen atoms in total. The Morgan fingerprint density at radius 2 is 1.69 bits per heavy atom. The number of ether oxygens (including phenoxy) is 1. The molecule has 1 aliphatic heterocycles. The number of carbonyl (C=O) groups is 1. The maximum atomic E-state index is 12.9. The van der Waals surface area contributed by atoms with E-state index in [-0.39, 0.29) is 4.90 Å². The third kappa shape index (κ3) is 3.66. The molecule has 1 saturated heterocycles. The summed E-state index contributed by atoms with van der Waals surface area (Å²) in [4.78, 5) is 12.9. The zero-order valence-corrected chi connectivity index (χ0v) is 16.0. The van der Waals surface area contributed by atoms with Crippen molar-refractivity contribution in [1.82, 2.24) is 4.31 Å². The Hall–Kier alpha value is -2.18. The summed E-state index contributed by atoms with van der Waals surface area (Å²) in [5.74, 6) is -0.0506. The molecule has 0 saturated carbocycles. The molecule has 26 heavy (non-hydrogen) atoms. The van der Waals surface area contributed by atoms with Gasteiger partial charge in [0, 0.05) is 6.54 Å². The minimum absolute atomic E-state index is 0.203.